The van der Waals surface area contributed by atoms with Crippen LogP contribution in [0.2, 0.25) is 0 Å². The van der Waals surface area contributed by atoms with Crippen molar-refractivity contribution in [3.05, 3.63) is 53.6 Å². The normalized spacial score (nSPS) is 10.5. The first kappa shape index (κ1) is 12.1. The third-order valence-electron chi connectivity index (χ3n) is 2.79. The third kappa shape index (κ3) is 2.83. The summed E-state index contributed by atoms with van der Waals surface area (Å²) >= 11 is 1.74. The monoisotopic (exact) mass is 243 g/mol. The molecule has 0 spiro atoms. The van der Waals surface area contributed by atoms with Crippen LogP contribution >= 0.6 is 11.8 Å². The Morgan fingerprint density at radius 1 is 1.06 bits per heavy atom. The second-order valence-electron chi connectivity index (χ2n) is 4.09. The van der Waals surface area contributed by atoms with Gasteiger partial charge in [0.1, 0.15) is 0 Å². The highest BCUT2D eigenvalue weighted by atomic mass is 32.2. The molecule has 0 unspecified atom stereocenters. The van der Waals surface area contributed by atoms with Crippen molar-refractivity contribution in [2.75, 3.05) is 5.73 Å². The molecule has 2 rings (SSSR count). The molecule has 0 heterocycles. The van der Waals surface area contributed by atoms with Gasteiger partial charge >= 0.3 is 0 Å². The maximum absolute atomic E-state index is 5.95. The summed E-state index contributed by atoms with van der Waals surface area (Å²) in [5, 5.41) is 0. The maximum Gasteiger partial charge on any atom is 0.0455 e. The van der Waals surface area contributed by atoms with Gasteiger partial charge in [-0.15, -0.1) is 0 Å². The molecule has 0 aliphatic carbocycles. The van der Waals surface area contributed by atoms with Crippen LogP contribution in [0.1, 0.15) is 18.1 Å². The molecule has 2 N–H and O–H groups in total. The molecule has 0 fully saturated rings. The molecule has 0 saturated heterocycles. The van der Waals surface area contributed by atoms with Crippen molar-refractivity contribution in [1.82, 2.24) is 0 Å². The second-order valence-corrected chi connectivity index (χ2v) is 5.18. The van der Waals surface area contributed by atoms with Crippen LogP contribution < -0.4 is 5.73 Å². The van der Waals surface area contributed by atoms with Crippen molar-refractivity contribution in [2.45, 2.75) is 30.1 Å². The summed E-state index contributed by atoms with van der Waals surface area (Å²) in [5.41, 5.74) is 9.50. The van der Waals surface area contributed by atoms with Crippen LogP contribution in [-0.2, 0) is 6.42 Å². The van der Waals surface area contributed by atoms with E-state index in [4.69, 9.17) is 5.73 Å². The molecule has 17 heavy (non-hydrogen) atoms. The molecule has 0 atom stereocenters. The van der Waals surface area contributed by atoms with Crippen molar-refractivity contribution >= 4 is 17.4 Å². The Morgan fingerprint density at radius 3 is 2.47 bits per heavy atom. The molecule has 1 nitrogen and oxygen atoms in total. The zero-order valence-electron chi connectivity index (χ0n) is 10.2. The molecular formula is C15H17NS. The smallest absolute Gasteiger partial charge is 0.0455 e. The van der Waals surface area contributed by atoms with E-state index in [2.05, 4.69) is 38.1 Å². The molecule has 2 aromatic carbocycles. The summed E-state index contributed by atoms with van der Waals surface area (Å²) in [4.78, 5) is 2.40. The topological polar surface area (TPSA) is 26.0 Å². The fourth-order valence-electron chi connectivity index (χ4n) is 1.74. The lowest BCUT2D eigenvalue weighted by atomic mass is 10.1. The lowest BCUT2D eigenvalue weighted by Crippen LogP contribution is -1.89. The number of nitrogen functional groups attached to an aromatic ring is 1. The SMILES string of the molecule is CCc1ccc(Sc2ccccc2N)c(C)c1. The van der Waals surface area contributed by atoms with Crippen LogP contribution in [-0.4, -0.2) is 0 Å². The number of anilines is 1. The first-order chi connectivity index (χ1) is 8.20. The van der Waals surface area contributed by atoms with Crippen molar-refractivity contribution in [3.8, 4) is 0 Å². The lowest BCUT2D eigenvalue weighted by Gasteiger charge is -2.09. The van der Waals surface area contributed by atoms with E-state index in [0.717, 1.165) is 17.0 Å². The molecule has 2 heteroatoms. The average Bonchev–Trinajstić information content (AvgIpc) is 2.34. The fourth-order valence-corrected chi connectivity index (χ4v) is 2.66. The Kier molecular flexibility index (Phi) is 3.75. The number of hydrogen-bond acceptors (Lipinski definition) is 2. The van der Waals surface area contributed by atoms with Crippen molar-refractivity contribution in [2.24, 2.45) is 0 Å². The highest BCUT2D eigenvalue weighted by molar-refractivity contribution is 7.99. The number of nitrogens with two attached hydrogens (primary N) is 1. The van der Waals surface area contributed by atoms with Crippen LogP contribution in [0.3, 0.4) is 0 Å². The van der Waals surface area contributed by atoms with Crippen molar-refractivity contribution in [1.29, 1.82) is 0 Å². The van der Waals surface area contributed by atoms with Gasteiger partial charge in [-0.2, -0.15) is 0 Å². The molecule has 0 aromatic heterocycles. The molecule has 0 aliphatic rings. The van der Waals surface area contributed by atoms with E-state index in [1.807, 2.05) is 18.2 Å². The predicted molar refractivity (Wildman–Crippen MR) is 75.5 cm³/mol. The minimum atomic E-state index is 0.844. The van der Waals surface area contributed by atoms with E-state index in [1.165, 1.54) is 16.0 Å². The Balaban J connectivity index is 2.28. The van der Waals surface area contributed by atoms with Gasteiger partial charge in [0.05, 0.1) is 0 Å². The minimum absolute atomic E-state index is 0.844. The van der Waals surface area contributed by atoms with Gasteiger partial charge in [0.15, 0.2) is 0 Å². The van der Waals surface area contributed by atoms with E-state index in [1.54, 1.807) is 11.8 Å². The third-order valence-corrected chi connectivity index (χ3v) is 4.06. The summed E-state index contributed by atoms with van der Waals surface area (Å²) in [7, 11) is 0. The molecule has 0 saturated carbocycles. The Hall–Kier alpha value is -1.41. The van der Waals surface area contributed by atoms with E-state index >= 15 is 0 Å². The van der Waals surface area contributed by atoms with Gasteiger partial charge in [-0.1, -0.05) is 43.0 Å². The number of benzene rings is 2. The highest BCUT2D eigenvalue weighted by Gasteiger charge is 2.04. The summed E-state index contributed by atoms with van der Waals surface area (Å²) in [6.07, 6.45) is 1.08. The van der Waals surface area contributed by atoms with E-state index in [9.17, 15) is 0 Å². The van der Waals surface area contributed by atoms with Gasteiger partial charge in [0, 0.05) is 15.5 Å². The average molecular weight is 243 g/mol. The molecule has 0 bridgehead atoms. The molecule has 88 valence electrons. The first-order valence-electron chi connectivity index (χ1n) is 5.82. The van der Waals surface area contributed by atoms with Crippen molar-refractivity contribution in [3.63, 3.8) is 0 Å². The van der Waals surface area contributed by atoms with Gasteiger partial charge in [-0.25, -0.2) is 0 Å². The summed E-state index contributed by atoms with van der Waals surface area (Å²) in [5.74, 6) is 0. The minimum Gasteiger partial charge on any atom is -0.398 e. The summed E-state index contributed by atoms with van der Waals surface area (Å²) in [6, 6.07) is 14.6. The molecule has 2 aromatic rings. The van der Waals surface area contributed by atoms with E-state index in [0.29, 0.717) is 0 Å². The van der Waals surface area contributed by atoms with Crippen LogP contribution in [0.4, 0.5) is 5.69 Å². The zero-order chi connectivity index (χ0) is 12.3. The molecular weight excluding hydrogens is 226 g/mol. The largest absolute Gasteiger partial charge is 0.398 e. The van der Waals surface area contributed by atoms with Crippen LogP contribution in [0, 0.1) is 6.92 Å². The lowest BCUT2D eigenvalue weighted by molar-refractivity contribution is 1.11. The highest BCUT2D eigenvalue weighted by Crippen LogP contribution is 2.34. The number of para-hydroxylation sites is 1. The fraction of sp³-hybridized carbons (Fsp3) is 0.200. The number of rotatable bonds is 3. The molecule has 0 aliphatic heterocycles. The first-order valence-corrected chi connectivity index (χ1v) is 6.64. The zero-order valence-corrected chi connectivity index (χ0v) is 11.1. The second kappa shape index (κ2) is 5.28. The standard InChI is InChI=1S/C15H17NS/c1-3-12-8-9-14(11(2)10-12)17-15-7-5-4-6-13(15)16/h4-10H,3,16H2,1-2H3. The van der Waals surface area contributed by atoms with Gasteiger partial charge in [-0.05, 0) is 42.7 Å². The quantitative estimate of drug-likeness (QED) is 0.814. The number of aryl methyl sites for hydroxylation is 2. The summed E-state index contributed by atoms with van der Waals surface area (Å²) < 4.78 is 0. The van der Waals surface area contributed by atoms with Crippen LogP contribution in [0.15, 0.2) is 52.3 Å². The van der Waals surface area contributed by atoms with E-state index in [-0.39, 0.29) is 0 Å². The Labute approximate surface area is 107 Å². The Bertz CT molecular complexity index is 520. The van der Waals surface area contributed by atoms with Crippen molar-refractivity contribution < 1.29 is 0 Å². The van der Waals surface area contributed by atoms with Crippen LogP contribution in [0.25, 0.3) is 0 Å². The maximum atomic E-state index is 5.95. The molecule has 0 radical (unpaired) electrons. The van der Waals surface area contributed by atoms with E-state index < -0.39 is 0 Å². The van der Waals surface area contributed by atoms with Gasteiger partial charge in [-0.3, -0.25) is 0 Å². The van der Waals surface area contributed by atoms with Gasteiger partial charge < -0.3 is 5.73 Å². The summed E-state index contributed by atoms with van der Waals surface area (Å²) in [6.45, 7) is 4.33. The predicted octanol–water partition coefficient (Wildman–Crippen LogP) is 4.29. The number of hydrogen-bond donors (Lipinski definition) is 1. The Morgan fingerprint density at radius 2 is 1.82 bits per heavy atom. The van der Waals surface area contributed by atoms with Crippen LogP contribution in [0.5, 0.6) is 0 Å². The molecule has 0 amide bonds. The van der Waals surface area contributed by atoms with Gasteiger partial charge in [0.2, 0.25) is 0 Å². The van der Waals surface area contributed by atoms with Gasteiger partial charge in [0.25, 0.3) is 0 Å².